The molecule has 2 N–H and O–H groups in total. The van der Waals surface area contributed by atoms with Crippen LogP contribution in [0, 0.1) is 0 Å². The molecule has 0 saturated carbocycles. The number of ether oxygens (including phenoxy) is 2. The lowest BCUT2D eigenvalue weighted by Gasteiger charge is -2.10. The number of halogens is 2. The van der Waals surface area contributed by atoms with Gasteiger partial charge in [0.15, 0.2) is 11.5 Å². The zero-order valence-electron chi connectivity index (χ0n) is 12.8. The van der Waals surface area contributed by atoms with Crippen LogP contribution >= 0.6 is 23.2 Å². The summed E-state index contributed by atoms with van der Waals surface area (Å²) < 4.78 is 10.4. The minimum atomic E-state index is -1.11. The number of methoxy groups -OCH3 is 2. The number of carboxylic acids is 1. The van der Waals surface area contributed by atoms with Crippen LogP contribution in [-0.4, -0.2) is 31.5 Å². The molecular weight excluding hydrogens is 355 g/mol. The van der Waals surface area contributed by atoms with E-state index >= 15 is 0 Å². The number of carboxylic acid groups (broad SMARTS) is 1. The summed E-state index contributed by atoms with van der Waals surface area (Å²) in [6.07, 6.45) is 1.52. The first kappa shape index (κ1) is 17.9. The first-order valence-corrected chi connectivity index (χ1v) is 7.45. The lowest BCUT2D eigenvalue weighted by Crippen LogP contribution is -1.99. The summed E-state index contributed by atoms with van der Waals surface area (Å²) in [6, 6.07) is 7.87. The van der Waals surface area contributed by atoms with Gasteiger partial charge in [-0.15, -0.1) is 0 Å². The average Bonchev–Trinajstić information content (AvgIpc) is 2.55. The van der Waals surface area contributed by atoms with Gasteiger partial charge in [0.2, 0.25) is 0 Å². The van der Waals surface area contributed by atoms with E-state index in [2.05, 4.69) is 10.5 Å². The number of hydrazone groups is 1. The summed E-state index contributed by atoms with van der Waals surface area (Å²) in [5.74, 6) is -0.196. The molecule has 0 aliphatic carbocycles. The fourth-order valence-electron chi connectivity index (χ4n) is 1.95. The van der Waals surface area contributed by atoms with Crippen LogP contribution in [0.3, 0.4) is 0 Å². The molecule has 0 aliphatic heterocycles. The molecule has 0 spiro atoms. The van der Waals surface area contributed by atoms with Crippen molar-refractivity contribution in [1.82, 2.24) is 0 Å². The van der Waals surface area contributed by atoms with E-state index in [9.17, 15) is 4.79 Å². The zero-order valence-corrected chi connectivity index (χ0v) is 14.4. The summed E-state index contributed by atoms with van der Waals surface area (Å²) in [6.45, 7) is 0. The van der Waals surface area contributed by atoms with Crippen LogP contribution in [0.5, 0.6) is 11.5 Å². The van der Waals surface area contributed by atoms with Crippen molar-refractivity contribution >= 4 is 41.1 Å². The van der Waals surface area contributed by atoms with E-state index in [1.807, 2.05) is 0 Å². The number of carbonyl (C=O) groups is 1. The summed E-state index contributed by atoms with van der Waals surface area (Å²) in [4.78, 5) is 11.0. The molecule has 2 aromatic rings. The van der Waals surface area contributed by atoms with Crippen molar-refractivity contribution in [3.8, 4) is 11.5 Å². The highest BCUT2D eigenvalue weighted by Gasteiger charge is 2.10. The van der Waals surface area contributed by atoms with E-state index < -0.39 is 5.97 Å². The normalized spacial score (nSPS) is 10.7. The van der Waals surface area contributed by atoms with Gasteiger partial charge in [0.05, 0.1) is 41.7 Å². The number of hydrogen-bond acceptors (Lipinski definition) is 5. The van der Waals surface area contributed by atoms with Crippen molar-refractivity contribution in [3.63, 3.8) is 0 Å². The Bertz CT molecular complexity index is 794. The molecule has 2 rings (SSSR count). The number of rotatable bonds is 6. The van der Waals surface area contributed by atoms with Crippen molar-refractivity contribution in [3.05, 3.63) is 51.5 Å². The molecule has 2 aromatic carbocycles. The van der Waals surface area contributed by atoms with Crippen LogP contribution in [0.25, 0.3) is 0 Å². The third-order valence-electron chi connectivity index (χ3n) is 3.06. The second-order valence-electron chi connectivity index (χ2n) is 4.61. The van der Waals surface area contributed by atoms with Gasteiger partial charge in [0.25, 0.3) is 0 Å². The first-order valence-electron chi connectivity index (χ1n) is 6.69. The Morgan fingerprint density at radius 2 is 1.92 bits per heavy atom. The van der Waals surface area contributed by atoms with Gasteiger partial charge in [0.1, 0.15) is 0 Å². The highest BCUT2D eigenvalue weighted by atomic mass is 35.5. The molecule has 24 heavy (non-hydrogen) atoms. The Hall–Kier alpha value is -2.44. The lowest BCUT2D eigenvalue weighted by molar-refractivity contribution is 0.0697. The molecule has 6 nitrogen and oxygen atoms in total. The van der Waals surface area contributed by atoms with Crippen LogP contribution in [0.4, 0.5) is 5.69 Å². The van der Waals surface area contributed by atoms with E-state index in [0.29, 0.717) is 27.8 Å². The first-order chi connectivity index (χ1) is 11.5. The quantitative estimate of drug-likeness (QED) is 0.591. The SMILES string of the molecule is COc1cc(/C=N/Nc2ccc(Cl)c(C(=O)O)c2)cc(Cl)c1OC. The average molecular weight is 369 g/mol. The fraction of sp³-hybridized carbons (Fsp3) is 0.125. The molecule has 126 valence electrons. The Labute approximate surface area is 148 Å². The maximum absolute atomic E-state index is 11.0. The third kappa shape index (κ3) is 4.10. The molecule has 0 unspecified atom stereocenters. The van der Waals surface area contributed by atoms with Gasteiger partial charge in [-0.25, -0.2) is 4.79 Å². The van der Waals surface area contributed by atoms with Crippen molar-refractivity contribution < 1.29 is 19.4 Å². The number of benzene rings is 2. The Morgan fingerprint density at radius 3 is 2.54 bits per heavy atom. The van der Waals surface area contributed by atoms with E-state index in [1.54, 1.807) is 18.2 Å². The Kier molecular flexibility index (Phi) is 5.89. The molecule has 0 aliphatic rings. The summed E-state index contributed by atoms with van der Waals surface area (Å²) in [5, 5.41) is 13.6. The minimum Gasteiger partial charge on any atom is -0.493 e. The third-order valence-corrected chi connectivity index (χ3v) is 3.67. The van der Waals surface area contributed by atoms with E-state index in [-0.39, 0.29) is 10.6 Å². The maximum Gasteiger partial charge on any atom is 0.337 e. The lowest BCUT2D eigenvalue weighted by atomic mass is 10.2. The number of hydrogen-bond donors (Lipinski definition) is 2. The van der Waals surface area contributed by atoms with Gasteiger partial charge < -0.3 is 14.6 Å². The number of nitrogens with one attached hydrogen (secondary N) is 1. The summed E-state index contributed by atoms with van der Waals surface area (Å²) >= 11 is 11.9. The fourth-order valence-corrected chi connectivity index (χ4v) is 2.45. The number of anilines is 1. The molecular formula is C16H14Cl2N2O4. The largest absolute Gasteiger partial charge is 0.493 e. The van der Waals surface area contributed by atoms with Crippen LogP contribution in [-0.2, 0) is 0 Å². The number of aromatic carboxylic acids is 1. The Morgan fingerprint density at radius 1 is 1.17 bits per heavy atom. The van der Waals surface area contributed by atoms with E-state index in [0.717, 1.165) is 0 Å². The van der Waals surface area contributed by atoms with Crippen molar-refractivity contribution in [2.45, 2.75) is 0 Å². The smallest absolute Gasteiger partial charge is 0.337 e. The van der Waals surface area contributed by atoms with Crippen LogP contribution in [0.2, 0.25) is 10.0 Å². The minimum absolute atomic E-state index is 0.00831. The van der Waals surface area contributed by atoms with Gasteiger partial charge >= 0.3 is 5.97 Å². The van der Waals surface area contributed by atoms with Gasteiger partial charge in [-0.2, -0.15) is 5.10 Å². The molecule has 0 heterocycles. The molecule has 8 heteroatoms. The summed E-state index contributed by atoms with van der Waals surface area (Å²) in [7, 11) is 3.01. The predicted molar refractivity (Wildman–Crippen MR) is 94.2 cm³/mol. The van der Waals surface area contributed by atoms with Crippen molar-refractivity contribution in [2.24, 2.45) is 5.10 Å². The number of nitrogens with zero attached hydrogens (tertiary/aromatic N) is 1. The zero-order chi connectivity index (χ0) is 17.7. The van der Waals surface area contributed by atoms with E-state index in [1.165, 1.54) is 32.6 Å². The van der Waals surface area contributed by atoms with Crippen LogP contribution in [0.15, 0.2) is 35.4 Å². The highest BCUT2D eigenvalue weighted by molar-refractivity contribution is 6.33. The van der Waals surface area contributed by atoms with Crippen LogP contribution < -0.4 is 14.9 Å². The van der Waals surface area contributed by atoms with E-state index in [4.69, 9.17) is 37.8 Å². The molecule has 0 bridgehead atoms. The highest BCUT2D eigenvalue weighted by Crippen LogP contribution is 2.35. The molecule has 0 amide bonds. The van der Waals surface area contributed by atoms with Gasteiger partial charge in [-0.3, -0.25) is 5.43 Å². The second kappa shape index (κ2) is 7.90. The Balaban J connectivity index is 2.19. The van der Waals surface area contributed by atoms with Crippen molar-refractivity contribution in [1.29, 1.82) is 0 Å². The summed E-state index contributed by atoms with van der Waals surface area (Å²) in [5.41, 5.74) is 3.89. The predicted octanol–water partition coefficient (Wildman–Crippen LogP) is 4.15. The molecule has 0 fully saturated rings. The second-order valence-corrected chi connectivity index (χ2v) is 5.42. The van der Waals surface area contributed by atoms with Gasteiger partial charge in [-0.1, -0.05) is 23.2 Å². The maximum atomic E-state index is 11.0. The molecule has 0 saturated heterocycles. The standard InChI is InChI=1S/C16H14Cl2N2O4/c1-23-14-6-9(5-13(18)15(14)24-2)8-19-20-10-3-4-12(17)11(7-10)16(21)22/h3-8,20H,1-2H3,(H,21,22)/b19-8+. The van der Waals surface area contributed by atoms with Gasteiger partial charge in [-0.05, 0) is 35.9 Å². The molecule has 0 atom stereocenters. The van der Waals surface area contributed by atoms with Gasteiger partial charge in [0, 0.05) is 0 Å². The monoisotopic (exact) mass is 368 g/mol. The topological polar surface area (TPSA) is 80.2 Å². The molecule has 0 aromatic heterocycles. The van der Waals surface area contributed by atoms with Crippen LogP contribution in [0.1, 0.15) is 15.9 Å². The molecule has 0 radical (unpaired) electrons. The van der Waals surface area contributed by atoms with Crippen molar-refractivity contribution in [2.75, 3.05) is 19.6 Å².